The van der Waals surface area contributed by atoms with Crippen molar-refractivity contribution in [3.05, 3.63) is 83.7 Å². The standard InChI is InChI=1S/C29H31N3O3/c1-4-34-26-11-7-8-12-27(26)35-16-15-31-24-10-6-5-9-23(24)30-29(31)22-18-28(33)32(19-22)25-17-20(2)13-14-21(25)3/h5-14,17,22H,4,15-16,18-19H2,1-3H3. The topological polar surface area (TPSA) is 56.6 Å². The van der Waals surface area contributed by atoms with E-state index in [2.05, 4.69) is 42.7 Å². The number of carbonyl (C=O) groups excluding carboxylic acids is 1. The van der Waals surface area contributed by atoms with E-state index in [1.54, 1.807) is 0 Å². The lowest BCUT2D eigenvalue weighted by molar-refractivity contribution is -0.117. The Hall–Kier alpha value is -3.80. The highest BCUT2D eigenvalue weighted by Crippen LogP contribution is 2.35. The van der Waals surface area contributed by atoms with Crippen molar-refractivity contribution in [1.82, 2.24) is 9.55 Å². The Morgan fingerprint density at radius 2 is 1.71 bits per heavy atom. The van der Waals surface area contributed by atoms with Crippen molar-refractivity contribution in [2.45, 2.75) is 39.7 Å². The smallest absolute Gasteiger partial charge is 0.227 e. The summed E-state index contributed by atoms with van der Waals surface area (Å²) in [6.45, 7) is 8.39. The Kier molecular flexibility index (Phi) is 6.45. The molecule has 1 atom stereocenters. The maximum atomic E-state index is 13.1. The summed E-state index contributed by atoms with van der Waals surface area (Å²) < 4.78 is 14.0. The molecule has 6 nitrogen and oxygen atoms in total. The molecule has 0 saturated carbocycles. The van der Waals surface area contributed by atoms with Crippen LogP contribution in [0.3, 0.4) is 0 Å². The third-order valence-electron chi connectivity index (χ3n) is 6.55. The number of aromatic nitrogens is 2. The van der Waals surface area contributed by atoms with E-state index in [1.165, 1.54) is 0 Å². The first-order valence-corrected chi connectivity index (χ1v) is 12.2. The largest absolute Gasteiger partial charge is 0.490 e. The van der Waals surface area contributed by atoms with Crippen LogP contribution in [0.2, 0.25) is 0 Å². The average Bonchev–Trinajstić information content (AvgIpc) is 3.42. The molecule has 1 aliphatic heterocycles. The van der Waals surface area contributed by atoms with E-state index in [4.69, 9.17) is 14.5 Å². The van der Waals surface area contributed by atoms with Crippen molar-refractivity contribution in [3.8, 4) is 11.5 Å². The number of hydrogen-bond acceptors (Lipinski definition) is 4. The molecule has 5 rings (SSSR count). The SMILES string of the molecule is CCOc1ccccc1OCCn1c(C2CC(=O)N(c3cc(C)ccc3C)C2)nc2ccccc21. The molecule has 6 heteroatoms. The van der Waals surface area contributed by atoms with E-state index >= 15 is 0 Å². The van der Waals surface area contributed by atoms with Crippen LogP contribution < -0.4 is 14.4 Å². The van der Waals surface area contributed by atoms with Crippen LogP contribution in [0.5, 0.6) is 11.5 Å². The molecular weight excluding hydrogens is 438 g/mol. The molecule has 1 saturated heterocycles. The fourth-order valence-corrected chi connectivity index (χ4v) is 4.86. The molecule has 0 aliphatic carbocycles. The molecule has 0 spiro atoms. The van der Waals surface area contributed by atoms with Gasteiger partial charge in [-0.15, -0.1) is 0 Å². The number of hydrogen-bond donors (Lipinski definition) is 0. The number of ether oxygens (including phenoxy) is 2. The van der Waals surface area contributed by atoms with Crippen LogP contribution in [0.1, 0.15) is 36.2 Å². The highest BCUT2D eigenvalue weighted by Gasteiger charge is 2.35. The molecule has 0 radical (unpaired) electrons. The summed E-state index contributed by atoms with van der Waals surface area (Å²) in [6.07, 6.45) is 0.449. The molecule has 1 aliphatic rings. The summed E-state index contributed by atoms with van der Waals surface area (Å²) in [5, 5.41) is 0. The van der Waals surface area contributed by atoms with Crippen molar-refractivity contribution in [2.24, 2.45) is 0 Å². The van der Waals surface area contributed by atoms with Gasteiger partial charge in [0.25, 0.3) is 0 Å². The minimum Gasteiger partial charge on any atom is -0.490 e. The normalized spacial score (nSPS) is 15.7. The Bertz CT molecular complexity index is 1360. The Morgan fingerprint density at radius 3 is 2.51 bits per heavy atom. The monoisotopic (exact) mass is 469 g/mol. The highest BCUT2D eigenvalue weighted by atomic mass is 16.5. The number of fused-ring (bicyclic) bond motifs is 1. The number of benzene rings is 3. The van der Waals surface area contributed by atoms with Gasteiger partial charge in [0.2, 0.25) is 5.91 Å². The van der Waals surface area contributed by atoms with Crippen LogP contribution in [0.15, 0.2) is 66.7 Å². The molecule has 1 unspecified atom stereocenters. The predicted molar refractivity (Wildman–Crippen MR) is 138 cm³/mol. The van der Waals surface area contributed by atoms with Gasteiger partial charge in [-0.25, -0.2) is 4.98 Å². The second kappa shape index (κ2) is 9.82. The van der Waals surface area contributed by atoms with Gasteiger partial charge in [-0.3, -0.25) is 4.79 Å². The number of nitrogens with zero attached hydrogens (tertiary/aromatic N) is 3. The van der Waals surface area contributed by atoms with E-state index in [1.807, 2.05) is 54.3 Å². The molecule has 0 bridgehead atoms. The zero-order valence-corrected chi connectivity index (χ0v) is 20.5. The van der Waals surface area contributed by atoms with E-state index in [-0.39, 0.29) is 11.8 Å². The zero-order valence-electron chi connectivity index (χ0n) is 20.5. The number of aryl methyl sites for hydroxylation is 2. The van der Waals surface area contributed by atoms with Crippen LogP contribution in [0, 0.1) is 13.8 Å². The lowest BCUT2D eigenvalue weighted by atomic mass is 10.1. The second-order valence-corrected chi connectivity index (χ2v) is 9.03. The van der Waals surface area contributed by atoms with Gasteiger partial charge in [-0.05, 0) is 62.2 Å². The van der Waals surface area contributed by atoms with Gasteiger partial charge in [0.15, 0.2) is 11.5 Å². The first-order valence-electron chi connectivity index (χ1n) is 12.2. The van der Waals surface area contributed by atoms with Gasteiger partial charge in [-0.1, -0.05) is 36.4 Å². The Labute approximate surface area is 206 Å². The molecule has 4 aromatic rings. The third kappa shape index (κ3) is 4.61. The fourth-order valence-electron chi connectivity index (χ4n) is 4.86. The minimum absolute atomic E-state index is 0.0190. The molecule has 2 heterocycles. The van der Waals surface area contributed by atoms with Gasteiger partial charge in [-0.2, -0.15) is 0 Å². The third-order valence-corrected chi connectivity index (χ3v) is 6.55. The summed E-state index contributed by atoms with van der Waals surface area (Å²) in [5.41, 5.74) is 5.26. The zero-order chi connectivity index (χ0) is 24.4. The summed E-state index contributed by atoms with van der Waals surface area (Å²) in [5.74, 6) is 2.58. The molecule has 35 heavy (non-hydrogen) atoms. The van der Waals surface area contributed by atoms with Gasteiger partial charge in [0.05, 0.1) is 24.2 Å². The van der Waals surface area contributed by atoms with Crippen LogP contribution in [-0.2, 0) is 11.3 Å². The van der Waals surface area contributed by atoms with Gasteiger partial charge < -0.3 is 18.9 Å². The second-order valence-electron chi connectivity index (χ2n) is 9.03. The van der Waals surface area contributed by atoms with Gasteiger partial charge in [0, 0.05) is 24.6 Å². The van der Waals surface area contributed by atoms with Crippen LogP contribution in [0.25, 0.3) is 11.0 Å². The van der Waals surface area contributed by atoms with E-state index in [0.29, 0.717) is 32.7 Å². The first kappa shape index (κ1) is 23.0. The molecule has 0 N–H and O–H groups in total. The maximum Gasteiger partial charge on any atom is 0.227 e. The lowest BCUT2D eigenvalue weighted by Crippen LogP contribution is -2.25. The van der Waals surface area contributed by atoms with Crippen molar-refractivity contribution in [2.75, 3.05) is 24.7 Å². The number of imidazole rings is 1. The molecule has 180 valence electrons. The molecule has 1 aromatic heterocycles. The first-order chi connectivity index (χ1) is 17.0. The molecule has 3 aromatic carbocycles. The van der Waals surface area contributed by atoms with Crippen molar-refractivity contribution in [3.63, 3.8) is 0 Å². The molecule has 1 amide bonds. The lowest BCUT2D eigenvalue weighted by Gasteiger charge is -2.20. The Balaban J connectivity index is 1.40. The summed E-state index contributed by atoms with van der Waals surface area (Å²) >= 11 is 0. The quantitative estimate of drug-likeness (QED) is 0.335. The summed E-state index contributed by atoms with van der Waals surface area (Å²) in [7, 11) is 0. The fraction of sp³-hybridized carbons (Fsp3) is 0.310. The maximum absolute atomic E-state index is 13.1. The molecule has 1 fully saturated rings. The number of amides is 1. The van der Waals surface area contributed by atoms with E-state index in [0.717, 1.165) is 45.2 Å². The van der Waals surface area contributed by atoms with E-state index < -0.39 is 0 Å². The number of carbonyl (C=O) groups is 1. The van der Waals surface area contributed by atoms with Crippen LogP contribution in [0.4, 0.5) is 5.69 Å². The van der Waals surface area contributed by atoms with Gasteiger partial charge >= 0.3 is 0 Å². The van der Waals surface area contributed by atoms with Crippen molar-refractivity contribution >= 4 is 22.6 Å². The van der Waals surface area contributed by atoms with Crippen molar-refractivity contribution < 1.29 is 14.3 Å². The minimum atomic E-state index is 0.0190. The van der Waals surface area contributed by atoms with Crippen molar-refractivity contribution in [1.29, 1.82) is 0 Å². The summed E-state index contributed by atoms with van der Waals surface area (Å²) in [4.78, 5) is 20.0. The van der Waals surface area contributed by atoms with Crippen LogP contribution >= 0.6 is 0 Å². The number of rotatable bonds is 8. The van der Waals surface area contributed by atoms with Crippen LogP contribution in [-0.4, -0.2) is 35.2 Å². The number of anilines is 1. The molecular formula is C29H31N3O3. The Morgan fingerprint density at radius 1 is 0.971 bits per heavy atom. The van der Waals surface area contributed by atoms with E-state index in [9.17, 15) is 4.79 Å². The average molecular weight is 470 g/mol. The van der Waals surface area contributed by atoms with Gasteiger partial charge in [0.1, 0.15) is 12.4 Å². The number of para-hydroxylation sites is 4. The highest BCUT2D eigenvalue weighted by molar-refractivity contribution is 5.97. The predicted octanol–water partition coefficient (Wildman–Crippen LogP) is 5.65. The summed E-state index contributed by atoms with van der Waals surface area (Å²) in [6, 6.07) is 22.1.